The number of hydrogen-bond acceptors (Lipinski definition) is 4. The van der Waals surface area contributed by atoms with E-state index in [0.717, 1.165) is 31.1 Å². The smallest absolute Gasteiger partial charge is 0.191 e. The number of methoxy groups -OCH3 is 1. The molecule has 1 saturated carbocycles. The number of nitrogens with one attached hydrogen (secondary N) is 2. The topological polar surface area (TPSA) is 65.9 Å². The molecule has 1 rings (SSSR count). The maximum Gasteiger partial charge on any atom is 0.191 e. The Morgan fingerprint density at radius 3 is 2.62 bits per heavy atom. The van der Waals surface area contributed by atoms with Crippen molar-refractivity contribution in [2.24, 2.45) is 4.99 Å². The maximum atomic E-state index is 10.6. The summed E-state index contributed by atoms with van der Waals surface area (Å²) < 4.78 is 5.38. The van der Waals surface area contributed by atoms with Crippen LogP contribution >= 0.6 is 11.8 Å². The van der Waals surface area contributed by atoms with Crippen LogP contribution in [0.2, 0.25) is 0 Å². The number of nitrogens with zero attached hydrogens (tertiary/aromatic N) is 1. The van der Waals surface area contributed by atoms with Crippen LogP contribution in [-0.4, -0.2) is 60.0 Å². The third kappa shape index (κ3) is 5.68. The summed E-state index contributed by atoms with van der Waals surface area (Å²) in [5, 5.41) is 17.4. The second-order valence-electron chi connectivity index (χ2n) is 6.10. The summed E-state index contributed by atoms with van der Waals surface area (Å²) in [4.78, 5) is 4.54. The van der Waals surface area contributed by atoms with Gasteiger partial charge in [-0.25, -0.2) is 0 Å². The molecule has 0 aliphatic heterocycles. The van der Waals surface area contributed by atoms with Gasteiger partial charge in [-0.3, -0.25) is 4.99 Å². The molecule has 0 bridgehead atoms. The molecule has 21 heavy (non-hydrogen) atoms. The van der Waals surface area contributed by atoms with Gasteiger partial charge in [0.2, 0.25) is 0 Å². The lowest BCUT2D eigenvalue weighted by molar-refractivity contribution is -0.0198. The lowest BCUT2D eigenvalue weighted by atomic mass is 9.79. The van der Waals surface area contributed by atoms with Gasteiger partial charge < -0.3 is 20.5 Å². The largest absolute Gasteiger partial charge is 0.387 e. The van der Waals surface area contributed by atoms with Gasteiger partial charge in [-0.15, -0.1) is 0 Å². The van der Waals surface area contributed by atoms with Gasteiger partial charge in [0, 0.05) is 25.4 Å². The number of hydrogen-bond donors (Lipinski definition) is 3. The summed E-state index contributed by atoms with van der Waals surface area (Å²) in [6.45, 7) is 10.1. The third-order valence-electron chi connectivity index (χ3n) is 3.88. The summed E-state index contributed by atoms with van der Waals surface area (Å²) in [7, 11) is 1.69. The fraction of sp³-hybridized carbons (Fsp3) is 0.933. The van der Waals surface area contributed by atoms with Crippen LogP contribution in [-0.2, 0) is 4.74 Å². The molecule has 0 aromatic rings. The first-order valence-corrected chi connectivity index (χ1v) is 8.83. The maximum absolute atomic E-state index is 10.6. The molecule has 1 aliphatic carbocycles. The van der Waals surface area contributed by atoms with Gasteiger partial charge in [0.15, 0.2) is 5.96 Å². The molecule has 0 aromatic heterocycles. The van der Waals surface area contributed by atoms with Crippen LogP contribution in [0.25, 0.3) is 0 Å². The van der Waals surface area contributed by atoms with Crippen LogP contribution in [0, 0.1) is 0 Å². The summed E-state index contributed by atoms with van der Waals surface area (Å²) in [6.07, 6.45) is 1.96. The molecule has 1 aliphatic rings. The molecule has 0 spiro atoms. The Kier molecular flexibility index (Phi) is 7.30. The van der Waals surface area contributed by atoms with Crippen molar-refractivity contribution < 1.29 is 9.84 Å². The summed E-state index contributed by atoms with van der Waals surface area (Å²) in [6, 6.07) is 0. The Labute approximate surface area is 133 Å². The van der Waals surface area contributed by atoms with Crippen molar-refractivity contribution >= 4 is 17.7 Å². The Hall–Kier alpha value is -0.460. The number of rotatable bonds is 8. The normalized spacial score (nSPS) is 26.4. The zero-order chi connectivity index (χ0) is 15.9. The van der Waals surface area contributed by atoms with Crippen molar-refractivity contribution in [1.82, 2.24) is 10.6 Å². The molecule has 1 fully saturated rings. The highest BCUT2D eigenvalue weighted by molar-refractivity contribution is 8.00. The number of ether oxygens (including phenoxy) is 1. The van der Waals surface area contributed by atoms with E-state index in [1.807, 2.05) is 32.5 Å². The fourth-order valence-corrected chi connectivity index (χ4v) is 3.35. The average Bonchev–Trinajstić information content (AvgIpc) is 2.46. The monoisotopic (exact) mass is 317 g/mol. The van der Waals surface area contributed by atoms with Crippen LogP contribution in [0.3, 0.4) is 0 Å². The van der Waals surface area contributed by atoms with Gasteiger partial charge in [0.05, 0.1) is 17.7 Å². The van der Waals surface area contributed by atoms with Crippen LogP contribution in [0.5, 0.6) is 0 Å². The summed E-state index contributed by atoms with van der Waals surface area (Å²) in [5.74, 6) is 1.78. The van der Waals surface area contributed by atoms with Crippen molar-refractivity contribution in [2.45, 2.75) is 57.0 Å². The highest BCUT2D eigenvalue weighted by Gasteiger charge is 2.45. The van der Waals surface area contributed by atoms with E-state index < -0.39 is 5.60 Å². The minimum absolute atomic E-state index is 0.281. The van der Waals surface area contributed by atoms with Gasteiger partial charge in [-0.1, -0.05) is 6.92 Å². The molecular weight excluding hydrogens is 286 g/mol. The molecule has 0 saturated heterocycles. The van der Waals surface area contributed by atoms with Crippen molar-refractivity contribution in [2.75, 3.05) is 32.5 Å². The zero-order valence-electron chi connectivity index (χ0n) is 14.0. The molecule has 2 unspecified atom stereocenters. The van der Waals surface area contributed by atoms with Crippen LogP contribution in [0.1, 0.15) is 40.5 Å². The van der Waals surface area contributed by atoms with E-state index in [1.165, 1.54) is 0 Å². The Morgan fingerprint density at radius 2 is 2.14 bits per heavy atom. The molecule has 0 heterocycles. The highest BCUT2D eigenvalue weighted by atomic mass is 32.2. The Morgan fingerprint density at radius 1 is 1.43 bits per heavy atom. The van der Waals surface area contributed by atoms with Crippen LogP contribution < -0.4 is 10.6 Å². The standard InChI is InChI=1S/C15H31N3O2S/c1-6-16-13(17-10-14(3,4)20-5)18-11-15(19)9-8-12(15)21-7-2/h12,19H,6-11H2,1-5H3,(H2,16,17,18). The van der Waals surface area contributed by atoms with Crippen molar-refractivity contribution in [3.63, 3.8) is 0 Å². The number of aliphatic imine (C=N–C) groups is 1. The second kappa shape index (κ2) is 8.25. The second-order valence-corrected chi connectivity index (χ2v) is 7.58. The first-order valence-electron chi connectivity index (χ1n) is 7.78. The van der Waals surface area contributed by atoms with Crippen LogP contribution in [0.15, 0.2) is 4.99 Å². The zero-order valence-corrected chi connectivity index (χ0v) is 14.8. The molecule has 124 valence electrons. The van der Waals surface area contributed by atoms with E-state index in [0.29, 0.717) is 18.3 Å². The summed E-state index contributed by atoms with van der Waals surface area (Å²) in [5.41, 5.74) is -0.885. The van der Waals surface area contributed by atoms with E-state index in [2.05, 4.69) is 22.5 Å². The van der Waals surface area contributed by atoms with Crippen LogP contribution in [0.4, 0.5) is 0 Å². The fourth-order valence-electron chi connectivity index (χ4n) is 2.15. The molecule has 2 atom stereocenters. The predicted molar refractivity (Wildman–Crippen MR) is 91.2 cm³/mol. The molecule has 0 radical (unpaired) electrons. The SMILES string of the molecule is CCNC(=NCC(C)(C)OC)NCC1(O)CCC1SCC. The first-order chi connectivity index (χ1) is 9.87. The van der Waals surface area contributed by atoms with Gasteiger partial charge in [-0.2, -0.15) is 11.8 Å². The Balaban J connectivity index is 2.53. The quantitative estimate of drug-likeness (QED) is 0.469. The van der Waals surface area contributed by atoms with E-state index >= 15 is 0 Å². The van der Waals surface area contributed by atoms with E-state index in [1.54, 1.807) is 7.11 Å². The highest BCUT2D eigenvalue weighted by Crippen LogP contribution is 2.40. The van der Waals surface area contributed by atoms with E-state index in [-0.39, 0.29) is 5.60 Å². The summed E-state index contributed by atoms with van der Waals surface area (Å²) >= 11 is 1.84. The molecule has 6 heteroatoms. The lowest BCUT2D eigenvalue weighted by Crippen LogP contribution is -2.58. The van der Waals surface area contributed by atoms with Crippen molar-refractivity contribution in [3.8, 4) is 0 Å². The number of guanidine groups is 1. The Bertz CT molecular complexity index is 350. The van der Waals surface area contributed by atoms with Gasteiger partial charge >= 0.3 is 0 Å². The minimum atomic E-state index is -0.604. The van der Waals surface area contributed by atoms with E-state index in [4.69, 9.17) is 4.74 Å². The molecule has 5 nitrogen and oxygen atoms in total. The molecule has 0 amide bonds. The van der Waals surface area contributed by atoms with Crippen molar-refractivity contribution in [1.29, 1.82) is 0 Å². The molecule has 3 N–H and O–H groups in total. The number of aliphatic hydroxyl groups is 1. The lowest BCUT2D eigenvalue weighted by Gasteiger charge is -2.45. The average molecular weight is 317 g/mol. The van der Waals surface area contributed by atoms with Gasteiger partial charge in [-0.05, 0) is 39.4 Å². The number of thioether (sulfide) groups is 1. The predicted octanol–water partition coefficient (Wildman–Crippen LogP) is 1.61. The third-order valence-corrected chi connectivity index (χ3v) is 5.29. The first kappa shape index (κ1) is 18.6. The van der Waals surface area contributed by atoms with Crippen molar-refractivity contribution in [3.05, 3.63) is 0 Å². The molecular formula is C15H31N3O2S. The van der Waals surface area contributed by atoms with Gasteiger partial charge in [0.25, 0.3) is 0 Å². The molecule has 0 aromatic carbocycles. The minimum Gasteiger partial charge on any atom is -0.387 e. The van der Waals surface area contributed by atoms with E-state index in [9.17, 15) is 5.11 Å². The van der Waals surface area contributed by atoms with Gasteiger partial charge in [0.1, 0.15) is 0 Å².